The minimum Gasteiger partial charge on any atom is -0.288 e. The molecular weight excluding hydrogens is 202 g/mol. The van der Waals surface area contributed by atoms with Crippen molar-refractivity contribution in [2.24, 2.45) is 4.99 Å². The molecule has 1 atom stereocenters. The lowest BCUT2D eigenvalue weighted by Crippen LogP contribution is -2.26. The Hall–Kier alpha value is -1.04. The number of carbonyl (C=O) groups excluding carboxylic acids is 2. The molecule has 1 unspecified atom stereocenters. The highest BCUT2D eigenvalue weighted by atomic mass is 32.2. The van der Waals surface area contributed by atoms with Crippen LogP contribution in [-0.2, 0) is 9.59 Å². The van der Waals surface area contributed by atoms with E-state index in [1.165, 1.54) is 0 Å². The highest BCUT2D eigenvalue weighted by molar-refractivity contribution is 7.99. The minimum absolute atomic E-state index is 0.272. The monoisotopic (exact) mass is 215 g/mol. The molecule has 0 aromatic heterocycles. The SMILES string of the molecule is CSC(C)CCN=C1NC(=O)C(=O)N1. The number of aliphatic imine (C=N–C) groups is 1. The van der Waals surface area contributed by atoms with Gasteiger partial charge in [-0.25, -0.2) is 0 Å². The van der Waals surface area contributed by atoms with E-state index in [9.17, 15) is 9.59 Å². The molecule has 1 rings (SSSR count). The second-order valence-corrected chi connectivity index (χ2v) is 4.25. The molecule has 78 valence electrons. The number of nitrogens with zero attached hydrogens (tertiary/aromatic N) is 1. The number of amides is 2. The largest absolute Gasteiger partial charge is 0.316 e. The van der Waals surface area contributed by atoms with Gasteiger partial charge in [0.2, 0.25) is 5.96 Å². The van der Waals surface area contributed by atoms with Crippen molar-refractivity contribution in [3.63, 3.8) is 0 Å². The van der Waals surface area contributed by atoms with E-state index in [1.54, 1.807) is 11.8 Å². The van der Waals surface area contributed by atoms with E-state index in [4.69, 9.17) is 0 Å². The smallest absolute Gasteiger partial charge is 0.288 e. The van der Waals surface area contributed by atoms with Gasteiger partial charge in [-0.15, -0.1) is 0 Å². The van der Waals surface area contributed by atoms with E-state index in [0.717, 1.165) is 6.42 Å². The molecule has 2 N–H and O–H groups in total. The lowest BCUT2D eigenvalue weighted by molar-refractivity contribution is -0.135. The molecule has 0 aliphatic carbocycles. The third kappa shape index (κ3) is 3.02. The van der Waals surface area contributed by atoms with Crippen molar-refractivity contribution in [2.45, 2.75) is 18.6 Å². The molecule has 0 aromatic carbocycles. The standard InChI is InChI=1S/C8H13N3O2S/c1-5(14-2)3-4-9-8-10-6(12)7(13)11-8/h5H,3-4H2,1-2H3,(H2,9,10,11,12,13). The normalized spacial score (nSPS) is 17.7. The van der Waals surface area contributed by atoms with Crippen LogP contribution >= 0.6 is 11.8 Å². The summed E-state index contributed by atoms with van der Waals surface area (Å²) < 4.78 is 0. The van der Waals surface area contributed by atoms with Gasteiger partial charge in [-0.05, 0) is 12.7 Å². The average Bonchev–Trinajstić information content (AvgIpc) is 2.46. The first-order chi connectivity index (χ1) is 6.63. The van der Waals surface area contributed by atoms with Gasteiger partial charge in [0, 0.05) is 11.8 Å². The Morgan fingerprint density at radius 1 is 1.36 bits per heavy atom. The van der Waals surface area contributed by atoms with Gasteiger partial charge < -0.3 is 0 Å². The van der Waals surface area contributed by atoms with Crippen LogP contribution in [0, 0.1) is 0 Å². The van der Waals surface area contributed by atoms with Gasteiger partial charge >= 0.3 is 11.8 Å². The van der Waals surface area contributed by atoms with Crippen molar-refractivity contribution in [3.05, 3.63) is 0 Å². The predicted molar refractivity (Wildman–Crippen MR) is 56.2 cm³/mol. The molecule has 14 heavy (non-hydrogen) atoms. The molecule has 1 heterocycles. The molecule has 0 saturated carbocycles. The van der Waals surface area contributed by atoms with Crippen LogP contribution in [0.4, 0.5) is 0 Å². The topological polar surface area (TPSA) is 70.6 Å². The summed E-state index contributed by atoms with van der Waals surface area (Å²) in [6.45, 7) is 2.72. The highest BCUT2D eigenvalue weighted by Crippen LogP contribution is 2.08. The molecule has 6 heteroatoms. The maximum absolute atomic E-state index is 10.7. The molecule has 1 saturated heterocycles. The molecule has 1 fully saturated rings. The number of hydrogen-bond acceptors (Lipinski definition) is 4. The summed E-state index contributed by atoms with van der Waals surface area (Å²) in [6.07, 6.45) is 2.97. The van der Waals surface area contributed by atoms with E-state index in [0.29, 0.717) is 11.8 Å². The molecule has 2 amide bonds. The summed E-state index contributed by atoms with van der Waals surface area (Å²) in [6, 6.07) is 0. The number of rotatable bonds is 4. The molecule has 0 spiro atoms. The summed E-state index contributed by atoms with van der Waals surface area (Å²) >= 11 is 1.76. The molecule has 0 radical (unpaired) electrons. The summed E-state index contributed by atoms with van der Waals surface area (Å²) in [4.78, 5) is 25.5. The summed E-state index contributed by atoms with van der Waals surface area (Å²) in [7, 11) is 0. The van der Waals surface area contributed by atoms with E-state index in [1.807, 2.05) is 6.26 Å². The number of guanidine groups is 1. The Morgan fingerprint density at radius 2 is 1.93 bits per heavy atom. The Balaban J connectivity index is 2.33. The first kappa shape index (κ1) is 11.0. The first-order valence-electron chi connectivity index (χ1n) is 4.33. The van der Waals surface area contributed by atoms with Gasteiger partial charge in [0.1, 0.15) is 0 Å². The van der Waals surface area contributed by atoms with Crippen molar-refractivity contribution in [3.8, 4) is 0 Å². The van der Waals surface area contributed by atoms with Crippen LogP contribution in [-0.4, -0.2) is 35.8 Å². The van der Waals surface area contributed by atoms with Crippen LogP contribution in [0.15, 0.2) is 4.99 Å². The van der Waals surface area contributed by atoms with Gasteiger partial charge in [-0.1, -0.05) is 6.92 Å². The van der Waals surface area contributed by atoms with Crippen LogP contribution in [0.1, 0.15) is 13.3 Å². The molecule has 5 nitrogen and oxygen atoms in total. The van der Waals surface area contributed by atoms with Gasteiger partial charge in [-0.2, -0.15) is 11.8 Å². The fourth-order valence-electron chi connectivity index (χ4n) is 0.915. The Labute approximate surface area is 86.7 Å². The third-order valence-electron chi connectivity index (χ3n) is 1.88. The number of nitrogens with one attached hydrogen (secondary N) is 2. The second-order valence-electron chi connectivity index (χ2n) is 2.97. The maximum atomic E-state index is 10.7. The van der Waals surface area contributed by atoms with Crippen molar-refractivity contribution in [1.82, 2.24) is 10.6 Å². The van der Waals surface area contributed by atoms with Crippen molar-refractivity contribution in [1.29, 1.82) is 0 Å². The van der Waals surface area contributed by atoms with Gasteiger partial charge in [0.25, 0.3) is 0 Å². The molecule has 0 aromatic rings. The fourth-order valence-corrected chi connectivity index (χ4v) is 1.26. The molecule has 1 aliphatic rings. The lowest BCUT2D eigenvalue weighted by atomic mass is 10.3. The van der Waals surface area contributed by atoms with Gasteiger partial charge in [0.05, 0.1) is 0 Å². The van der Waals surface area contributed by atoms with E-state index in [2.05, 4.69) is 22.5 Å². The quantitative estimate of drug-likeness (QED) is 0.634. The Bertz CT molecular complexity index is 260. The van der Waals surface area contributed by atoms with E-state index < -0.39 is 11.8 Å². The first-order valence-corrected chi connectivity index (χ1v) is 5.62. The minimum atomic E-state index is -0.637. The van der Waals surface area contributed by atoms with Crippen LogP contribution in [0.5, 0.6) is 0 Å². The summed E-state index contributed by atoms with van der Waals surface area (Å²) in [5.41, 5.74) is 0. The van der Waals surface area contributed by atoms with Crippen LogP contribution in [0.2, 0.25) is 0 Å². The zero-order chi connectivity index (χ0) is 10.6. The summed E-state index contributed by atoms with van der Waals surface area (Å²) in [5, 5.41) is 5.21. The lowest BCUT2D eigenvalue weighted by Gasteiger charge is -2.04. The second kappa shape index (κ2) is 4.99. The van der Waals surface area contributed by atoms with Crippen LogP contribution in [0.3, 0.4) is 0 Å². The fraction of sp³-hybridized carbons (Fsp3) is 0.625. The zero-order valence-corrected chi connectivity index (χ0v) is 8.98. The highest BCUT2D eigenvalue weighted by Gasteiger charge is 2.24. The van der Waals surface area contributed by atoms with Gasteiger partial charge in [-0.3, -0.25) is 25.2 Å². The van der Waals surface area contributed by atoms with Crippen molar-refractivity contribution < 1.29 is 9.59 Å². The zero-order valence-electron chi connectivity index (χ0n) is 8.16. The van der Waals surface area contributed by atoms with E-state index in [-0.39, 0.29) is 5.96 Å². The van der Waals surface area contributed by atoms with E-state index >= 15 is 0 Å². The van der Waals surface area contributed by atoms with Gasteiger partial charge in [0.15, 0.2) is 0 Å². The Kier molecular flexibility index (Phi) is 3.94. The molecule has 1 aliphatic heterocycles. The van der Waals surface area contributed by atoms with Crippen LogP contribution < -0.4 is 10.6 Å². The average molecular weight is 215 g/mol. The van der Waals surface area contributed by atoms with Crippen molar-refractivity contribution in [2.75, 3.05) is 12.8 Å². The van der Waals surface area contributed by atoms with Crippen LogP contribution in [0.25, 0.3) is 0 Å². The third-order valence-corrected chi connectivity index (χ3v) is 2.92. The molecular formula is C8H13N3O2S. The number of carbonyl (C=O) groups is 2. The summed E-state index contributed by atoms with van der Waals surface area (Å²) in [5.74, 6) is -1.00. The number of thioether (sulfide) groups is 1. The number of hydrogen-bond donors (Lipinski definition) is 2. The van der Waals surface area contributed by atoms with Crippen molar-refractivity contribution >= 4 is 29.5 Å². The molecule has 0 bridgehead atoms. The maximum Gasteiger partial charge on any atom is 0.316 e. The predicted octanol–water partition coefficient (Wildman–Crippen LogP) is -0.270. The Morgan fingerprint density at radius 3 is 2.43 bits per heavy atom.